The van der Waals surface area contributed by atoms with E-state index in [1.165, 1.54) is 0 Å². The third-order valence-corrected chi connectivity index (χ3v) is 2.52. The molecule has 4 nitrogen and oxygen atoms in total. The summed E-state index contributed by atoms with van der Waals surface area (Å²) >= 11 is 3.33. The number of hydrogen-bond acceptors (Lipinski definition) is 4. The maximum atomic E-state index is 9.42. The summed E-state index contributed by atoms with van der Waals surface area (Å²) in [4.78, 5) is 4.12. The molecule has 2 aromatic rings. The van der Waals surface area contributed by atoms with Gasteiger partial charge in [0.05, 0.1) is 4.47 Å². The normalized spacial score (nSPS) is 13.4. The fourth-order valence-corrected chi connectivity index (χ4v) is 1.61. The molecule has 3 N–H and O–H groups in total. The molecule has 14 heavy (non-hydrogen) atoms. The minimum absolute atomic E-state index is 0.102. The number of halogens is 1. The Kier molecular flexibility index (Phi) is 2.54. The Morgan fingerprint density at radius 1 is 1.57 bits per heavy atom. The minimum Gasteiger partial charge on any atom is -0.437 e. The first-order valence-electron chi connectivity index (χ1n) is 4.15. The Morgan fingerprint density at radius 2 is 2.36 bits per heavy atom. The standard InChI is InChI=1S/C9H9BrN2O2/c10-5-2-1-3-6-8(5)14-9(12-6)7(13)4-11/h1-3,7,13H,4,11H2. The van der Waals surface area contributed by atoms with Crippen molar-refractivity contribution in [3.8, 4) is 0 Å². The Hall–Kier alpha value is -0.910. The van der Waals surface area contributed by atoms with Gasteiger partial charge in [0.2, 0.25) is 5.89 Å². The molecule has 0 saturated heterocycles. The molecule has 0 aliphatic rings. The molecular weight excluding hydrogens is 248 g/mol. The molecule has 0 spiro atoms. The smallest absolute Gasteiger partial charge is 0.225 e. The number of nitrogens with two attached hydrogens (primary N) is 1. The summed E-state index contributed by atoms with van der Waals surface area (Å²) in [5, 5.41) is 9.42. The van der Waals surface area contributed by atoms with Crippen LogP contribution >= 0.6 is 15.9 Å². The van der Waals surface area contributed by atoms with E-state index < -0.39 is 6.10 Å². The number of aromatic nitrogens is 1. The summed E-state index contributed by atoms with van der Waals surface area (Å²) in [6, 6.07) is 5.52. The van der Waals surface area contributed by atoms with E-state index in [9.17, 15) is 5.11 Å². The van der Waals surface area contributed by atoms with E-state index in [1.807, 2.05) is 18.2 Å². The molecule has 1 unspecified atom stereocenters. The molecule has 0 aliphatic carbocycles. The third kappa shape index (κ3) is 1.54. The third-order valence-electron chi connectivity index (χ3n) is 1.89. The van der Waals surface area contributed by atoms with Crippen molar-refractivity contribution in [1.29, 1.82) is 0 Å². The number of nitrogens with zero attached hydrogens (tertiary/aromatic N) is 1. The second kappa shape index (κ2) is 3.68. The van der Waals surface area contributed by atoms with Crippen molar-refractivity contribution >= 4 is 27.0 Å². The van der Waals surface area contributed by atoms with Crippen LogP contribution in [0.5, 0.6) is 0 Å². The number of hydrogen-bond donors (Lipinski definition) is 2. The largest absolute Gasteiger partial charge is 0.437 e. The van der Waals surface area contributed by atoms with Crippen LogP contribution in [-0.2, 0) is 0 Å². The lowest BCUT2D eigenvalue weighted by atomic mass is 10.3. The molecule has 2 rings (SSSR count). The second-order valence-electron chi connectivity index (χ2n) is 2.89. The van der Waals surface area contributed by atoms with Gasteiger partial charge in [0.25, 0.3) is 0 Å². The van der Waals surface area contributed by atoms with E-state index in [0.717, 1.165) is 4.47 Å². The molecule has 5 heteroatoms. The van der Waals surface area contributed by atoms with Gasteiger partial charge in [-0.3, -0.25) is 0 Å². The summed E-state index contributed by atoms with van der Waals surface area (Å²) < 4.78 is 6.18. The highest BCUT2D eigenvalue weighted by Gasteiger charge is 2.14. The average Bonchev–Trinajstić information content (AvgIpc) is 2.62. The number of benzene rings is 1. The molecular formula is C9H9BrN2O2. The van der Waals surface area contributed by atoms with Gasteiger partial charge in [0, 0.05) is 6.54 Å². The maximum Gasteiger partial charge on any atom is 0.225 e. The van der Waals surface area contributed by atoms with Crippen LogP contribution in [0.2, 0.25) is 0 Å². The van der Waals surface area contributed by atoms with E-state index in [2.05, 4.69) is 20.9 Å². The first-order chi connectivity index (χ1) is 6.72. The fourth-order valence-electron chi connectivity index (χ4n) is 1.18. The molecule has 0 fully saturated rings. The van der Waals surface area contributed by atoms with Crippen LogP contribution in [0.15, 0.2) is 27.1 Å². The van der Waals surface area contributed by atoms with E-state index in [0.29, 0.717) is 11.1 Å². The number of oxazole rings is 1. The van der Waals surface area contributed by atoms with Gasteiger partial charge in [0.15, 0.2) is 5.58 Å². The minimum atomic E-state index is -0.839. The molecule has 0 amide bonds. The highest BCUT2D eigenvalue weighted by molar-refractivity contribution is 9.10. The van der Waals surface area contributed by atoms with Crippen LogP contribution in [-0.4, -0.2) is 16.6 Å². The van der Waals surface area contributed by atoms with Gasteiger partial charge < -0.3 is 15.3 Å². The fraction of sp³-hybridized carbons (Fsp3) is 0.222. The molecule has 1 aromatic carbocycles. The van der Waals surface area contributed by atoms with Crippen molar-refractivity contribution in [3.63, 3.8) is 0 Å². The molecule has 74 valence electrons. The number of para-hydroxylation sites is 1. The lowest BCUT2D eigenvalue weighted by molar-refractivity contribution is 0.154. The van der Waals surface area contributed by atoms with Gasteiger partial charge in [-0.15, -0.1) is 0 Å². The van der Waals surface area contributed by atoms with Crippen LogP contribution in [0.4, 0.5) is 0 Å². The van der Waals surface area contributed by atoms with Crippen molar-refractivity contribution < 1.29 is 9.52 Å². The molecule has 0 saturated carbocycles. The zero-order valence-electron chi connectivity index (χ0n) is 7.27. The first-order valence-corrected chi connectivity index (χ1v) is 4.94. The highest BCUT2D eigenvalue weighted by atomic mass is 79.9. The van der Waals surface area contributed by atoms with Gasteiger partial charge in [-0.05, 0) is 28.1 Å². The summed E-state index contributed by atoms with van der Waals surface area (Å²) in [5.74, 6) is 0.259. The van der Waals surface area contributed by atoms with Crippen LogP contribution in [0.1, 0.15) is 12.0 Å². The van der Waals surface area contributed by atoms with Crippen LogP contribution < -0.4 is 5.73 Å². The summed E-state index contributed by atoms with van der Waals surface area (Å²) in [5.41, 5.74) is 6.65. The average molecular weight is 257 g/mol. The van der Waals surface area contributed by atoms with E-state index >= 15 is 0 Å². The molecule has 0 aliphatic heterocycles. The van der Waals surface area contributed by atoms with Gasteiger partial charge in [0.1, 0.15) is 11.6 Å². The van der Waals surface area contributed by atoms with Crippen molar-refractivity contribution in [2.45, 2.75) is 6.10 Å². The number of fused-ring (bicyclic) bond motifs is 1. The number of rotatable bonds is 2. The number of aliphatic hydroxyl groups excluding tert-OH is 1. The zero-order valence-corrected chi connectivity index (χ0v) is 8.86. The van der Waals surface area contributed by atoms with Crippen LogP contribution in [0.25, 0.3) is 11.1 Å². The highest BCUT2D eigenvalue weighted by Crippen LogP contribution is 2.26. The first kappa shape index (κ1) is 9.64. The Morgan fingerprint density at radius 3 is 3.00 bits per heavy atom. The summed E-state index contributed by atoms with van der Waals surface area (Å²) in [6.45, 7) is 0.102. The number of aliphatic hydroxyl groups is 1. The Labute approximate surface area is 88.9 Å². The SMILES string of the molecule is NCC(O)c1nc2cccc(Br)c2o1. The quantitative estimate of drug-likeness (QED) is 0.856. The van der Waals surface area contributed by atoms with E-state index in [4.69, 9.17) is 10.2 Å². The van der Waals surface area contributed by atoms with E-state index in [1.54, 1.807) is 0 Å². The van der Waals surface area contributed by atoms with Gasteiger partial charge in [-0.2, -0.15) is 0 Å². The van der Waals surface area contributed by atoms with Gasteiger partial charge in [-0.25, -0.2) is 4.98 Å². The predicted octanol–water partition coefficient (Wildman–Crippen LogP) is 1.58. The lowest BCUT2D eigenvalue weighted by Crippen LogP contribution is -2.11. The predicted molar refractivity (Wildman–Crippen MR) is 55.7 cm³/mol. The second-order valence-corrected chi connectivity index (χ2v) is 3.75. The van der Waals surface area contributed by atoms with Gasteiger partial charge >= 0.3 is 0 Å². The van der Waals surface area contributed by atoms with Crippen molar-refractivity contribution in [3.05, 3.63) is 28.6 Å². The van der Waals surface area contributed by atoms with Crippen LogP contribution in [0, 0.1) is 0 Å². The Bertz CT molecular complexity index is 455. The molecule has 1 heterocycles. The van der Waals surface area contributed by atoms with Crippen LogP contribution in [0.3, 0.4) is 0 Å². The molecule has 1 aromatic heterocycles. The maximum absolute atomic E-state index is 9.42. The Balaban J connectivity index is 2.56. The van der Waals surface area contributed by atoms with Gasteiger partial charge in [-0.1, -0.05) is 6.07 Å². The van der Waals surface area contributed by atoms with Crippen molar-refractivity contribution in [1.82, 2.24) is 4.98 Å². The zero-order chi connectivity index (χ0) is 10.1. The molecule has 0 bridgehead atoms. The van der Waals surface area contributed by atoms with Crippen molar-refractivity contribution in [2.75, 3.05) is 6.54 Å². The summed E-state index contributed by atoms with van der Waals surface area (Å²) in [7, 11) is 0. The monoisotopic (exact) mass is 256 g/mol. The topological polar surface area (TPSA) is 72.3 Å². The van der Waals surface area contributed by atoms with E-state index in [-0.39, 0.29) is 12.4 Å². The van der Waals surface area contributed by atoms with Crippen molar-refractivity contribution in [2.24, 2.45) is 5.73 Å². The summed E-state index contributed by atoms with van der Waals surface area (Å²) in [6.07, 6.45) is -0.839. The lowest BCUT2D eigenvalue weighted by Gasteiger charge is -1.99. The molecule has 1 atom stereocenters. The molecule has 0 radical (unpaired) electrons.